The van der Waals surface area contributed by atoms with Gasteiger partial charge in [0.05, 0.1) is 26.2 Å². The fourth-order valence-electron chi connectivity index (χ4n) is 2.11. The van der Waals surface area contributed by atoms with Crippen LogP contribution in [0.1, 0.15) is 52.4 Å². The lowest BCUT2D eigenvalue weighted by molar-refractivity contribution is -0.156. The van der Waals surface area contributed by atoms with Crippen molar-refractivity contribution in [2.75, 3.05) is 27.2 Å². The molecule has 0 saturated heterocycles. The molecule has 24 heavy (non-hydrogen) atoms. The second kappa shape index (κ2) is 14.0. The van der Waals surface area contributed by atoms with Gasteiger partial charge in [-0.2, -0.15) is 0 Å². The number of unbranched alkanes of at least 4 members (excludes halogenated alkanes) is 2. The average molecular weight is 343 g/mol. The lowest BCUT2D eigenvalue weighted by Gasteiger charge is -2.24. The molecule has 1 N–H and O–H groups in total. The summed E-state index contributed by atoms with van der Waals surface area (Å²) in [5.74, 6) is -0.646. The van der Waals surface area contributed by atoms with Crippen LogP contribution < -0.4 is 0 Å². The summed E-state index contributed by atoms with van der Waals surface area (Å²) in [6, 6.07) is 0. The smallest absolute Gasteiger partial charge is 0.320 e. The molecule has 0 spiro atoms. The molecule has 0 saturated carbocycles. The molecule has 0 aromatic rings. The predicted molar refractivity (Wildman–Crippen MR) is 93.6 cm³/mol. The van der Waals surface area contributed by atoms with Crippen LogP contribution in [0.5, 0.6) is 0 Å². The number of likely N-dealkylation sites (N-methyl/N-ethyl adjacent to an activating group) is 1. The SMILES string of the molecule is CCCCCC(OC(=O)CN(C)CC)C(O)CC=CCC(=O)OC. The highest BCUT2D eigenvalue weighted by Crippen LogP contribution is 2.14. The fourth-order valence-corrected chi connectivity index (χ4v) is 2.11. The van der Waals surface area contributed by atoms with Crippen LogP contribution in [0.3, 0.4) is 0 Å². The van der Waals surface area contributed by atoms with Gasteiger partial charge in [0.25, 0.3) is 0 Å². The maximum Gasteiger partial charge on any atom is 0.320 e. The van der Waals surface area contributed by atoms with E-state index in [0.717, 1.165) is 25.8 Å². The molecule has 6 nitrogen and oxygen atoms in total. The van der Waals surface area contributed by atoms with Crippen LogP contribution >= 0.6 is 0 Å². The van der Waals surface area contributed by atoms with Gasteiger partial charge >= 0.3 is 11.9 Å². The minimum absolute atomic E-state index is 0.171. The van der Waals surface area contributed by atoms with Crippen LogP contribution in [0.15, 0.2) is 12.2 Å². The molecule has 0 rings (SSSR count). The number of nitrogens with zero attached hydrogens (tertiary/aromatic N) is 1. The van der Waals surface area contributed by atoms with Crippen molar-refractivity contribution < 1.29 is 24.2 Å². The van der Waals surface area contributed by atoms with E-state index in [1.807, 2.05) is 18.9 Å². The first-order valence-electron chi connectivity index (χ1n) is 8.72. The molecule has 0 bridgehead atoms. The molecule has 0 aliphatic heterocycles. The number of aliphatic hydroxyl groups excluding tert-OH is 1. The lowest BCUT2D eigenvalue weighted by atomic mass is 10.0. The van der Waals surface area contributed by atoms with Gasteiger partial charge in [-0.05, 0) is 32.9 Å². The van der Waals surface area contributed by atoms with E-state index in [1.54, 1.807) is 12.2 Å². The Balaban J connectivity index is 4.49. The van der Waals surface area contributed by atoms with Gasteiger partial charge < -0.3 is 14.6 Å². The van der Waals surface area contributed by atoms with E-state index in [9.17, 15) is 14.7 Å². The van der Waals surface area contributed by atoms with Gasteiger partial charge in [0.15, 0.2) is 0 Å². The normalized spacial score (nSPS) is 13.9. The summed E-state index contributed by atoms with van der Waals surface area (Å²) in [6.45, 7) is 5.04. The van der Waals surface area contributed by atoms with Crippen molar-refractivity contribution in [2.45, 2.75) is 64.6 Å². The van der Waals surface area contributed by atoms with E-state index in [2.05, 4.69) is 11.7 Å². The van der Waals surface area contributed by atoms with Crippen molar-refractivity contribution in [1.82, 2.24) is 4.90 Å². The summed E-state index contributed by atoms with van der Waals surface area (Å²) in [5.41, 5.74) is 0. The largest absolute Gasteiger partial charge is 0.469 e. The van der Waals surface area contributed by atoms with Crippen molar-refractivity contribution in [2.24, 2.45) is 0 Å². The van der Waals surface area contributed by atoms with Gasteiger partial charge in [0.1, 0.15) is 6.10 Å². The third kappa shape index (κ3) is 11.2. The molecule has 0 fully saturated rings. The molecule has 0 aliphatic carbocycles. The molecular formula is C18H33NO5. The number of carbonyl (C=O) groups excluding carboxylic acids is 2. The summed E-state index contributed by atoms with van der Waals surface area (Å²) in [6.07, 6.45) is 6.24. The van der Waals surface area contributed by atoms with E-state index < -0.39 is 12.2 Å². The Hall–Kier alpha value is -1.40. The Labute approximate surface area is 145 Å². The van der Waals surface area contributed by atoms with Crippen LogP contribution in [0.25, 0.3) is 0 Å². The van der Waals surface area contributed by atoms with Crippen LogP contribution in [-0.2, 0) is 19.1 Å². The highest BCUT2D eigenvalue weighted by molar-refractivity contribution is 5.72. The van der Waals surface area contributed by atoms with Crippen LogP contribution in [-0.4, -0.2) is 61.4 Å². The summed E-state index contributed by atoms with van der Waals surface area (Å²) in [7, 11) is 3.18. The first kappa shape index (κ1) is 22.6. The van der Waals surface area contributed by atoms with Crippen molar-refractivity contribution >= 4 is 11.9 Å². The number of aliphatic hydroxyl groups is 1. The average Bonchev–Trinajstić information content (AvgIpc) is 2.57. The van der Waals surface area contributed by atoms with E-state index in [-0.39, 0.29) is 24.9 Å². The number of ether oxygens (including phenoxy) is 2. The quantitative estimate of drug-likeness (QED) is 0.314. The number of methoxy groups -OCH3 is 1. The zero-order chi connectivity index (χ0) is 18.4. The van der Waals surface area contributed by atoms with Gasteiger partial charge in [0.2, 0.25) is 0 Å². The van der Waals surface area contributed by atoms with Gasteiger partial charge in [-0.15, -0.1) is 0 Å². The fraction of sp³-hybridized carbons (Fsp3) is 0.778. The topological polar surface area (TPSA) is 76.1 Å². The number of hydrogen-bond donors (Lipinski definition) is 1. The monoisotopic (exact) mass is 343 g/mol. The van der Waals surface area contributed by atoms with Crippen LogP contribution in [0.4, 0.5) is 0 Å². The standard InChI is InChI=1S/C18H33NO5/c1-5-7-8-12-16(24-18(22)14-19(3)6-2)15(20)11-9-10-13-17(21)23-4/h9-10,15-16,20H,5-8,11-14H2,1-4H3. The van der Waals surface area contributed by atoms with Crippen LogP contribution in [0.2, 0.25) is 0 Å². The van der Waals surface area contributed by atoms with E-state index >= 15 is 0 Å². The minimum atomic E-state index is -0.772. The molecule has 0 aliphatic rings. The minimum Gasteiger partial charge on any atom is -0.469 e. The third-order valence-corrected chi connectivity index (χ3v) is 3.80. The Morgan fingerprint density at radius 1 is 1.17 bits per heavy atom. The maximum absolute atomic E-state index is 12.0. The second-order valence-electron chi connectivity index (χ2n) is 5.91. The van der Waals surface area contributed by atoms with E-state index in [4.69, 9.17) is 4.74 Å². The van der Waals surface area contributed by atoms with Gasteiger partial charge in [-0.1, -0.05) is 38.8 Å². The molecular weight excluding hydrogens is 310 g/mol. The molecule has 0 heterocycles. The van der Waals surface area contributed by atoms with E-state index in [0.29, 0.717) is 12.8 Å². The van der Waals surface area contributed by atoms with Crippen molar-refractivity contribution in [3.63, 3.8) is 0 Å². The Bertz CT molecular complexity index is 384. The zero-order valence-corrected chi connectivity index (χ0v) is 15.5. The van der Waals surface area contributed by atoms with Crippen LogP contribution in [0, 0.1) is 0 Å². The van der Waals surface area contributed by atoms with Gasteiger partial charge in [0, 0.05) is 0 Å². The highest BCUT2D eigenvalue weighted by Gasteiger charge is 2.22. The number of carbonyl (C=O) groups is 2. The lowest BCUT2D eigenvalue weighted by Crippen LogP contribution is -2.35. The summed E-state index contributed by atoms with van der Waals surface area (Å²) < 4.78 is 10.0. The Morgan fingerprint density at radius 3 is 2.46 bits per heavy atom. The first-order chi connectivity index (χ1) is 11.4. The number of rotatable bonds is 13. The molecule has 0 aromatic heterocycles. The first-order valence-corrected chi connectivity index (χ1v) is 8.72. The van der Waals surface area contributed by atoms with Gasteiger partial charge in [-0.25, -0.2) is 0 Å². The maximum atomic E-state index is 12.0. The predicted octanol–water partition coefficient (Wildman–Crippen LogP) is 2.30. The molecule has 2 unspecified atom stereocenters. The molecule has 0 radical (unpaired) electrons. The molecule has 2 atom stereocenters. The highest BCUT2D eigenvalue weighted by atomic mass is 16.6. The second-order valence-corrected chi connectivity index (χ2v) is 5.91. The van der Waals surface area contributed by atoms with Crippen molar-refractivity contribution in [3.05, 3.63) is 12.2 Å². The molecule has 0 amide bonds. The van der Waals surface area contributed by atoms with Gasteiger partial charge in [-0.3, -0.25) is 14.5 Å². The van der Waals surface area contributed by atoms with Crippen molar-refractivity contribution in [1.29, 1.82) is 0 Å². The molecule has 0 aromatic carbocycles. The van der Waals surface area contributed by atoms with Crippen molar-refractivity contribution in [3.8, 4) is 0 Å². The number of hydrogen-bond acceptors (Lipinski definition) is 6. The molecule has 6 heteroatoms. The summed E-state index contributed by atoms with van der Waals surface area (Å²) in [4.78, 5) is 24.9. The van der Waals surface area contributed by atoms with E-state index in [1.165, 1.54) is 7.11 Å². The number of esters is 2. The Morgan fingerprint density at radius 2 is 1.88 bits per heavy atom. The summed E-state index contributed by atoms with van der Waals surface area (Å²) >= 11 is 0. The Kier molecular flexibility index (Phi) is 13.2. The third-order valence-electron chi connectivity index (χ3n) is 3.80. The zero-order valence-electron chi connectivity index (χ0n) is 15.5. The molecule has 140 valence electrons. The summed E-state index contributed by atoms with van der Waals surface area (Å²) in [5, 5.41) is 10.3.